The lowest BCUT2D eigenvalue weighted by atomic mass is 10.1. The number of carbonyl (C=O) groups is 2. The number of carbonyl (C=O) groups excluding carboxylic acids is 2. The van der Waals surface area contributed by atoms with Crippen molar-refractivity contribution >= 4 is 29.3 Å². The Hall–Kier alpha value is -2.34. The van der Waals surface area contributed by atoms with Crippen LogP contribution < -0.4 is 5.32 Å². The number of hydrogen-bond donors (Lipinski definition) is 1. The molecule has 25 heavy (non-hydrogen) atoms. The fourth-order valence-corrected chi connectivity index (χ4v) is 4.60. The molecule has 0 radical (unpaired) electrons. The number of hydrogen-bond acceptors (Lipinski definition) is 4. The van der Waals surface area contributed by atoms with Gasteiger partial charge in [-0.3, -0.25) is 14.6 Å². The maximum absolute atomic E-state index is 12.9. The molecule has 3 heterocycles. The molecule has 2 aliphatic heterocycles. The summed E-state index contributed by atoms with van der Waals surface area (Å²) >= 11 is 1.48. The number of anilines is 1. The molecule has 2 atom stereocenters. The number of aromatic nitrogens is 1. The molecule has 0 bridgehead atoms. The van der Waals surface area contributed by atoms with Gasteiger partial charge in [-0.2, -0.15) is 0 Å². The molecule has 1 saturated heterocycles. The average molecular weight is 353 g/mol. The maximum atomic E-state index is 12.9. The number of rotatable bonds is 3. The number of amides is 2. The molecule has 1 aromatic heterocycles. The normalized spacial score (nSPS) is 22.4. The maximum Gasteiger partial charge on any atom is 0.238 e. The lowest BCUT2D eigenvalue weighted by molar-refractivity contribution is -0.133. The Kier molecular flexibility index (Phi) is 4.44. The molecule has 2 aromatic rings. The number of nitrogens with one attached hydrogen (secondary N) is 1. The Morgan fingerprint density at radius 1 is 1.24 bits per heavy atom. The Bertz CT molecular complexity index is 796. The third kappa shape index (κ3) is 3.26. The van der Waals surface area contributed by atoms with Gasteiger partial charge >= 0.3 is 0 Å². The molecule has 0 aliphatic carbocycles. The highest BCUT2D eigenvalue weighted by atomic mass is 32.2. The second kappa shape index (κ2) is 6.88. The summed E-state index contributed by atoms with van der Waals surface area (Å²) in [6.45, 7) is 0.751. The van der Waals surface area contributed by atoms with Crippen molar-refractivity contribution in [3.05, 3.63) is 54.4 Å². The second-order valence-electron chi connectivity index (χ2n) is 6.32. The van der Waals surface area contributed by atoms with E-state index in [1.165, 1.54) is 11.8 Å². The standard InChI is InChI=1S/C19H19N3O2S/c23-18(22-11-3-5-15(22)13-7-9-20-10-8-13)12-17-19(24)21-14-4-1-2-6-16(14)25-17/h1-2,4,6-10,15,17H,3,5,11-12H2,(H,21,24). The first-order valence-electron chi connectivity index (χ1n) is 8.48. The van der Waals surface area contributed by atoms with Crippen molar-refractivity contribution in [3.8, 4) is 0 Å². The van der Waals surface area contributed by atoms with E-state index in [1.54, 1.807) is 12.4 Å². The molecule has 1 fully saturated rings. The Balaban J connectivity index is 1.47. The molecular weight excluding hydrogens is 334 g/mol. The molecule has 6 heteroatoms. The van der Waals surface area contributed by atoms with Crippen molar-refractivity contribution in [1.29, 1.82) is 0 Å². The number of pyridine rings is 1. The highest BCUT2D eigenvalue weighted by Gasteiger charge is 2.34. The molecule has 1 aromatic carbocycles. The SMILES string of the molecule is O=C1Nc2ccccc2SC1CC(=O)N1CCCC1c1ccncc1. The molecule has 2 amide bonds. The summed E-state index contributed by atoms with van der Waals surface area (Å²) in [4.78, 5) is 32.2. The van der Waals surface area contributed by atoms with E-state index in [-0.39, 0.29) is 29.5 Å². The topological polar surface area (TPSA) is 62.3 Å². The average Bonchev–Trinajstić information content (AvgIpc) is 3.13. The van der Waals surface area contributed by atoms with Gasteiger partial charge in [-0.05, 0) is 42.7 Å². The molecular formula is C19H19N3O2S. The van der Waals surface area contributed by atoms with Crippen LogP contribution in [0.15, 0.2) is 53.7 Å². The van der Waals surface area contributed by atoms with Gasteiger partial charge in [-0.15, -0.1) is 11.8 Å². The lowest BCUT2D eigenvalue weighted by Gasteiger charge is -2.28. The summed E-state index contributed by atoms with van der Waals surface area (Å²) in [5.74, 6) is -0.0388. The van der Waals surface area contributed by atoms with Crippen molar-refractivity contribution in [2.24, 2.45) is 0 Å². The third-order valence-corrected chi connectivity index (χ3v) is 6.01. The van der Waals surface area contributed by atoms with Gasteiger partial charge in [0.05, 0.1) is 17.0 Å². The van der Waals surface area contributed by atoms with E-state index in [1.807, 2.05) is 41.3 Å². The quantitative estimate of drug-likeness (QED) is 0.920. The van der Waals surface area contributed by atoms with Crippen molar-refractivity contribution in [3.63, 3.8) is 0 Å². The lowest BCUT2D eigenvalue weighted by Crippen LogP contribution is -2.37. The first-order chi connectivity index (χ1) is 12.2. The number of fused-ring (bicyclic) bond motifs is 1. The van der Waals surface area contributed by atoms with Crippen LogP contribution in [-0.4, -0.2) is 33.5 Å². The van der Waals surface area contributed by atoms with Gasteiger partial charge in [0.15, 0.2) is 0 Å². The smallest absolute Gasteiger partial charge is 0.238 e. The summed E-state index contributed by atoms with van der Waals surface area (Å²) in [5, 5.41) is 2.54. The predicted octanol–water partition coefficient (Wildman–Crippen LogP) is 3.25. The minimum atomic E-state index is -0.374. The molecule has 0 spiro atoms. The summed E-state index contributed by atoms with van der Waals surface area (Å²) < 4.78 is 0. The monoisotopic (exact) mass is 353 g/mol. The Morgan fingerprint density at radius 3 is 2.88 bits per heavy atom. The largest absolute Gasteiger partial charge is 0.336 e. The van der Waals surface area contributed by atoms with Gasteiger partial charge in [0.2, 0.25) is 11.8 Å². The molecule has 2 unspecified atom stereocenters. The molecule has 128 valence electrons. The number of para-hydroxylation sites is 1. The van der Waals surface area contributed by atoms with Crippen molar-refractivity contribution in [2.75, 3.05) is 11.9 Å². The van der Waals surface area contributed by atoms with Gasteiger partial charge in [0.1, 0.15) is 0 Å². The van der Waals surface area contributed by atoms with Gasteiger partial charge in [0.25, 0.3) is 0 Å². The van der Waals surface area contributed by atoms with E-state index in [4.69, 9.17) is 0 Å². The van der Waals surface area contributed by atoms with Gasteiger partial charge < -0.3 is 10.2 Å². The van der Waals surface area contributed by atoms with E-state index < -0.39 is 0 Å². The predicted molar refractivity (Wildman–Crippen MR) is 97.3 cm³/mol. The Labute approximate surface area is 150 Å². The van der Waals surface area contributed by atoms with Crippen molar-refractivity contribution < 1.29 is 9.59 Å². The van der Waals surface area contributed by atoms with Crippen LogP contribution in [0, 0.1) is 0 Å². The minimum absolute atomic E-state index is 0.0475. The van der Waals surface area contributed by atoms with E-state index in [0.29, 0.717) is 0 Å². The van der Waals surface area contributed by atoms with Crippen LogP contribution in [0.2, 0.25) is 0 Å². The van der Waals surface area contributed by atoms with Gasteiger partial charge in [-0.25, -0.2) is 0 Å². The van der Waals surface area contributed by atoms with Crippen LogP contribution in [0.5, 0.6) is 0 Å². The molecule has 5 nitrogen and oxygen atoms in total. The van der Waals surface area contributed by atoms with E-state index in [2.05, 4.69) is 10.3 Å². The summed E-state index contributed by atoms with van der Waals surface area (Å²) in [6.07, 6.45) is 5.70. The van der Waals surface area contributed by atoms with Crippen LogP contribution in [-0.2, 0) is 9.59 Å². The van der Waals surface area contributed by atoms with Crippen LogP contribution >= 0.6 is 11.8 Å². The highest BCUT2D eigenvalue weighted by molar-refractivity contribution is 8.01. The summed E-state index contributed by atoms with van der Waals surface area (Å²) in [7, 11) is 0. The zero-order valence-corrected chi connectivity index (χ0v) is 14.5. The first-order valence-corrected chi connectivity index (χ1v) is 9.36. The fraction of sp³-hybridized carbons (Fsp3) is 0.316. The molecule has 1 N–H and O–H groups in total. The zero-order chi connectivity index (χ0) is 17.2. The first kappa shape index (κ1) is 16.1. The second-order valence-corrected chi connectivity index (χ2v) is 7.57. The zero-order valence-electron chi connectivity index (χ0n) is 13.7. The summed E-state index contributed by atoms with van der Waals surface area (Å²) in [5.41, 5.74) is 1.95. The van der Waals surface area contributed by atoms with Crippen LogP contribution in [0.4, 0.5) is 5.69 Å². The fourth-order valence-electron chi connectivity index (χ4n) is 3.50. The van der Waals surface area contributed by atoms with E-state index in [9.17, 15) is 9.59 Å². The van der Waals surface area contributed by atoms with Crippen molar-refractivity contribution in [2.45, 2.75) is 35.4 Å². The third-order valence-electron chi connectivity index (χ3n) is 4.73. The van der Waals surface area contributed by atoms with E-state index in [0.717, 1.165) is 35.5 Å². The minimum Gasteiger partial charge on any atom is -0.336 e. The number of thioether (sulfide) groups is 1. The number of likely N-dealkylation sites (tertiary alicyclic amines) is 1. The molecule has 4 rings (SSSR count). The number of nitrogens with zero attached hydrogens (tertiary/aromatic N) is 2. The molecule has 0 saturated carbocycles. The van der Waals surface area contributed by atoms with Crippen LogP contribution in [0.25, 0.3) is 0 Å². The van der Waals surface area contributed by atoms with Crippen LogP contribution in [0.3, 0.4) is 0 Å². The Morgan fingerprint density at radius 2 is 2.04 bits per heavy atom. The van der Waals surface area contributed by atoms with Crippen molar-refractivity contribution in [1.82, 2.24) is 9.88 Å². The summed E-state index contributed by atoms with van der Waals surface area (Å²) in [6, 6.07) is 11.7. The molecule has 2 aliphatic rings. The number of benzene rings is 1. The van der Waals surface area contributed by atoms with E-state index >= 15 is 0 Å². The van der Waals surface area contributed by atoms with Gasteiger partial charge in [-0.1, -0.05) is 12.1 Å². The van der Waals surface area contributed by atoms with Crippen LogP contribution in [0.1, 0.15) is 30.9 Å². The highest BCUT2D eigenvalue weighted by Crippen LogP contribution is 2.38. The van der Waals surface area contributed by atoms with Gasteiger partial charge in [0, 0.05) is 30.3 Å².